The number of ether oxygens (including phenoxy) is 6. The van der Waals surface area contributed by atoms with Crippen LogP contribution in [0.1, 0.15) is 107 Å². The molecule has 0 aromatic rings. The molecule has 0 amide bonds. The molecule has 4 saturated heterocycles. The van der Waals surface area contributed by atoms with Crippen molar-refractivity contribution in [3.8, 4) is 0 Å². The van der Waals surface area contributed by atoms with Crippen molar-refractivity contribution in [2.75, 3.05) is 6.61 Å². The number of allylic oxidation sites excluding steroid dienone is 1. The second-order valence-corrected chi connectivity index (χ2v) is 21.7. The molecule has 4 unspecified atom stereocenters. The van der Waals surface area contributed by atoms with E-state index in [2.05, 4.69) is 25.0 Å². The average Bonchev–Trinajstić information content (AvgIpc) is 3.70. The number of cyclic esters (lactones) is 1. The fourth-order valence-corrected chi connectivity index (χ4v) is 14.2. The van der Waals surface area contributed by atoms with Gasteiger partial charge in [-0.25, -0.2) is 8.42 Å². The Morgan fingerprint density at radius 1 is 0.833 bits per heavy atom. The Bertz CT molecular complexity index is 1830. The van der Waals surface area contributed by atoms with Gasteiger partial charge in [0.05, 0.1) is 30.5 Å². The first-order valence-electron chi connectivity index (χ1n) is 21.2. The van der Waals surface area contributed by atoms with Crippen LogP contribution in [0, 0.1) is 33.5 Å². The maximum absolute atomic E-state index is 14.5. The Morgan fingerprint density at radius 2 is 1.52 bits per heavy atom. The summed E-state index contributed by atoms with van der Waals surface area (Å²) in [5, 5.41) is 68.1. The number of fused-ring (bicyclic) bond motifs is 4. The molecule has 7 fully saturated rings. The van der Waals surface area contributed by atoms with E-state index >= 15 is 0 Å². The fraction of sp³-hybridized carbons (Fsp3) is 0.927. The normalized spacial score (nSPS) is 53.2. The summed E-state index contributed by atoms with van der Waals surface area (Å²) < 4.78 is 76.1. The summed E-state index contributed by atoms with van der Waals surface area (Å²) in [6, 6.07) is 0. The molecule has 19 heteroatoms. The second kappa shape index (κ2) is 15.4. The first-order chi connectivity index (χ1) is 27.2. The quantitative estimate of drug-likeness (QED) is 0.0407. The number of hydrogen-bond acceptors (Lipinski definition) is 17. The molecule has 0 radical (unpaired) electrons. The van der Waals surface area contributed by atoms with Crippen molar-refractivity contribution >= 4 is 16.4 Å². The van der Waals surface area contributed by atoms with Crippen molar-refractivity contribution in [2.45, 2.75) is 197 Å². The monoisotopic (exact) mass is 882 g/mol. The molecule has 4 aliphatic heterocycles. The molecular formula is C41H63NaO17S. The molecule has 0 bridgehead atoms. The summed E-state index contributed by atoms with van der Waals surface area (Å²) in [4.78, 5) is 14.5. The predicted molar refractivity (Wildman–Crippen MR) is 201 cm³/mol. The molecule has 3 saturated carbocycles. The molecule has 4 heterocycles. The van der Waals surface area contributed by atoms with Crippen LogP contribution in [0.2, 0.25) is 0 Å². The molecule has 6 N–H and O–H groups in total. The van der Waals surface area contributed by atoms with Gasteiger partial charge in [-0.05, 0) is 107 Å². The number of carbonyl (C=O) groups excluding carboxylic acids is 1. The Kier molecular flexibility index (Phi) is 12.2. The van der Waals surface area contributed by atoms with E-state index in [-0.39, 0.29) is 47.8 Å². The van der Waals surface area contributed by atoms with Gasteiger partial charge in [0, 0.05) is 0 Å². The minimum atomic E-state index is -5.29. The van der Waals surface area contributed by atoms with Gasteiger partial charge in [0.15, 0.2) is 18.2 Å². The summed E-state index contributed by atoms with van der Waals surface area (Å²) in [6.07, 6.45) is -10.0. The van der Waals surface area contributed by atoms with Crippen molar-refractivity contribution < 1.29 is 111 Å². The summed E-state index contributed by atoms with van der Waals surface area (Å²) in [7, 11) is -5.29. The molecule has 17 nitrogen and oxygen atoms in total. The number of aliphatic hydroxyl groups excluding tert-OH is 5. The predicted octanol–water partition coefficient (Wildman–Crippen LogP) is -1.90. The third-order valence-electron chi connectivity index (χ3n) is 16.9. The Labute approximate surface area is 374 Å². The molecule has 60 heavy (non-hydrogen) atoms. The maximum Gasteiger partial charge on any atom is 1.00 e. The van der Waals surface area contributed by atoms with Crippen molar-refractivity contribution in [1.29, 1.82) is 0 Å². The molecule has 8 aliphatic rings. The molecular weight excluding hydrogens is 819 g/mol. The molecule has 0 aromatic carbocycles. The molecule has 4 aliphatic carbocycles. The number of esters is 1. The first-order valence-corrected chi connectivity index (χ1v) is 22.5. The molecule has 1 spiro atoms. The summed E-state index contributed by atoms with van der Waals surface area (Å²) in [6.45, 7) is 15.0. The van der Waals surface area contributed by atoms with Crippen LogP contribution in [0.5, 0.6) is 0 Å². The maximum atomic E-state index is 14.5. The summed E-state index contributed by atoms with van der Waals surface area (Å²) in [5.41, 5.74) is -5.93. The zero-order valence-corrected chi connectivity index (χ0v) is 38.9. The van der Waals surface area contributed by atoms with Crippen LogP contribution < -0.4 is 29.6 Å². The third-order valence-corrected chi connectivity index (χ3v) is 17.4. The summed E-state index contributed by atoms with van der Waals surface area (Å²) in [5.74, 6) is -0.763. The van der Waals surface area contributed by atoms with Crippen molar-refractivity contribution in [1.82, 2.24) is 0 Å². The van der Waals surface area contributed by atoms with E-state index in [4.69, 9.17) is 28.4 Å². The van der Waals surface area contributed by atoms with Crippen LogP contribution >= 0.6 is 0 Å². The number of rotatable bonds is 7. The molecule has 0 aromatic heterocycles. The van der Waals surface area contributed by atoms with Crippen LogP contribution in [0.25, 0.3) is 0 Å². The minimum Gasteiger partial charge on any atom is -0.726 e. The molecule has 336 valence electrons. The number of carbonyl (C=O) groups is 1. The summed E-state index contributed by atoms with van der Waals surface area (Å²) >= 11 is 0. The Morgan fingerprint density at radius 3 is 2.15 bits per heavy atom. The van der Waals surface area contributed by atoms with E-state index in [9.17, 15) is 48.4 Å². The van der Waals surface area contributed by atoms with E-state index in [0.717, 1.165) is 12.0 Å². The first kappa shape index (κ1) is 47.6. The van der Waals surface area contributed by atoms with Gasteiger partial charge in [0.2, 0.25) is 10.4 Å². The SMILES string of the molecule is C[C@H]1O[C@@H](O[C@H]2[C@H](O[C@H]3CC[C@]4(C)C5=C[C@H](O)C67C(=O)O[C@](C)([C@@H]8CCC(C)(C)O8)[C@@]6(O)CCC7(C)C5CCC4C3(C)C)OC[C@@H](OS(=O)(=O)[O-])[C@@H]2O)[C@H](O)[C@@H](O)[C@@H]1O.[Na+]. The molecule has 19 atom stereocenters. The third kappa shape index (κ3) is 6.66. The topological polar surface area (TPSA) is 260 Å². The van der Waals surface area contributed by atoms with Gasteiger partial charge in [-0.3, -0.25) is 8.98 Å². The van der Waals surface area contributed by atoms with Crippen molar-refractivity contribution in [2.24, 2.45) is 33.5 Å². The van der Waals surface area contributed by atoms with Crippen molar-refractivity contribution in [3.63, 3.8) is 0 Å². The van der Waals surface area contributed by atoms with Gasteiger partial charge in [-0.15, -0.1) is 0 Å². The minimum absolute atomic E-state index is 0. The van der Waals surface area contributed by atoms with Crippen molar-refractivity contribution in [3.05, 3.63) is 11.6 Å². The van der Waals surface area contributed by atoms with Gasteiger partial charge < -0.3 is 63.6 Å². The van der Waals surface area contributed by atoms with Crippen LogP contribution in [-0.2, 0) is 47.8 Å². The number of aliphatic hydroxyl groups is 6. The largest absolute Gasteiger partial charge is 1.00 e. The van der Waals surface area contributed by atoms with Crippen LogP contribution in [0.4, 0.5) is 0 Å². The van der Waals surface area contributed by atoms with E-state index in [1.807, 2.05) is 26.8 Å². The fourth-order valence-electron chi connectivity index (χ4n) is 13.7. The standard InChI is InChI=1S/C41H64O17S.Na/c1-19-27(43)29(45)30(46)32(53-19)55-31-28(44)22(58-59(49,50)51)18-52-33(31)54-25-12-14-37(6)21-17-24(42)41-34(47)57-39(8,26-11-13-35(2,3)56-26)40(41,48)16-15-38(41,7)20(21)9-10-23(37)36(25,4)5;/h17,19-20,22-33,42-46,48H,9-16,18H2,1-8H3,(H,49,50,51);/q;+1/p-1/t19-,20?,22-,23?,24+,25+,26+,27-,28+,29+,30-,31-,32+,33+,37-,38?,39-,40+,41?;/m1./s1. The van der Waals surface area contributed by atoms with Crippen LogP contribution in [0.15, 0.2) is 11.6 Å². The van der Waals surface area contributed by atoms with E-state index in [1.165, 1.54) is 6.92 Å². The van der Waals surface area contributed by atoms with Gasteiger partial charge in [0.25, 0.3) is 0 Å². The Hall–Kier alpha value is -0.360. The second-order valence-electron chi connectivity index (χ2n) is 20.7. The van der Waals surface area contributed by atoms with Gasteiger partial charge in [0.1, 0.15) is 53.7 Å². The number of hydrogen-bond donors (Lipinski definition) is 6. The van der Waals surface area contributed by atoms with Crippen LogP contribution in [-0.4, -0.2) is 147 Å². The van der Waals surface area contributed by atoms with Gasteiger partial charge in [-0.1, -0.05) is 39.3 Å². The zero-order chi connectivity index (χ0) is 43.3. The van der Waals surface area contributed by atoms with E-state index < -0.39 is 135 Å². The zero-order valence-electron chi connectivity index (χ0n) is 36.1. The van der Waals surface area contributed by atoms with E-state index in [1.54, 1.807) is 6.92 Å². The van der Waals surface area contributed by atoms with Gasteiger partial charge >= 0.3 is 35.5 Å². The smallest absolute Gasteiger partial charge is 0.726 e. The Balaban J connectivity index is 0.00000544. The van der Waals surface area contributed by atoms with Gasteiger partial charge in [-0.2, -0.15) is 0 Å². The molecule has 8 rings (SSSR count). The van der Waals surface area contributed by atoms with Crippen LogP contribution in [0.3, 0.4) is 0 Å². The van der Waals surface area contributed by atoms with E-state index in [0.29, 0.717) is 38.5 Å². The average molecular weight is 883 g/mol.